The summed E-state index contributed by atoms with van der Waals surface area (Å²) in [6.45, 7) is 9.50. The highest BCUT2D eigenvalue weighted by Crippen LogP contribution is 2.45. The lowest BCUT2D eigenvalue weighted by molar-refractivity contribution is -0.161. The molecule has 0 spiro atoms. The highest BCUT2D eigenvalue weighted by molar-refractivity contribution is 7.47. The van der Waals surface area contributed by atoms with Gasteiger partial charge >= 0.3 is 39.5 Å². The van der Waals surface area contributed by atoms with E-state index in [1.54, 1.807) is 0 Å². The molecule has 0 aromatic heterocycles. The molecule has 0 aliphatic carbocycles. The Morgan fingerprint density at radius 2 is 0.517 bits per heavy atom. The SMILES string of the molecule is CCCCCCCCCCCCCCCCC(=O)O[C@H](COC(=O)CCCCCCCCCCCC(C)C)COP(=O)(O)OC[C@@H](O)COP(=O)(O)OC[C@@H](COC(=O)CCCCCCCCCCC(C)C)OC(=O)CCCCCCCCCCCCCC. The summed E-state index contributed by atoms with van der Waals surface area (Å²) in [6, 6.07) is 0. The van der Waals surface area contributed by atoms with Gasteiger partial charge in [-0.05, 0) is 37.5 Å². The fourth-order valence-corrected chi connectivity index (χ4v) is 12.2. The number of rotatable bonds is 69. The number of phosphoric ester groups is 2. The molecule has 0 amide bonds. The predicted octanol–water partition coefficient (Wildman–Crippen LogP) is 20.0. The molecule has 0 bridgehead atoms. The van der Waals surface area contributed by atoms with Gasteiger partial charge in [-0.25, -0.2) is 9.13 Å². The van der Waals surface area contributed by atoms with Gasteiger partial charge in [0.2, 0.25) is 0 Å². The lowest BCUT2D eigenvalue weighted by Gasteiger charge is -2.21. The van der Waals surface area contributed by atoms with Crippen LogP contribution in [0.5, 0.6) is 0 Å². The van der Waals surface area contributed by atoms with Crippen molar-refractivity contribution in [1.82, 2.24) is 0 Å². The second-order valence-corrected chi connectivity index (χ2v) is 29.1. The van der Waals surface area contributed by atoms with Gasteiger partial charge in [-0.15, -0.1) is 0 Å². The average Bonchev–Trinajstić information content (AvgIpc) is 3.52. The Labute approximate surface area is 543 Å². The minimum Gasteiger partial charge on any atom is -0.462 e. The van der Waals surface area contributed by atoms with Gasteiger partial charge < -0.3 is 33.8 Å². The van der Waals surface area contributed by atoms with E-state index >= 15 is 0 Å². The molecule has 528 valence electrons. The van der Waals surface area contributed by atoms with Crippen LogP contribution in [-0.2, 0) is 65.4 Å². The van der Waals surface area contributed by atoms with Crippen molar-refractivity contribution in [3.05, 3.63) is 0 Å². The van der Waals surface area contributed by atoms with E-state index in [1.807, 2.05) is 0 Å². The first-order chi connectivity index (χ1) is 42.9. The monoisotopic (exact) mass is 1310 g/mol. The summed E-state index contributed by atoms with van der Waals surface area (Å²) in [5, 5.41) is 10.6. The van der Waals surface area contributed by atoms with Crippen molar-refractivity contribution in [3.8, 4) is 0 Å². The van der Waals surface area contributed by atoms with Crippen molar-refractivity contribution in [2.75, 3.05) is 39.6 Å². The molecule has 0 aliphatic rings. The summed E-state index contributed by atoms with van der Waals surface area (Å²) < 4.78 is 68.3. The molecule has 89 heavy (non-hydrogen) atoms. The van der Waals surface area contributed by atoms with Crippen LogP contribution < -0.4 is 0 Å². The minimum absolute atomic E-state index is 0.107. The molecule has 19 heteroatoms. The summed E-state index contributed by atoms with van der Waals surface area (Å²) >= 11 is 0. The third-order valence-corrected chi connectivity index (χ3v) is 18.1. The van der Waals surface area contributed by atoms with Crippen LogP contribution in [-0.4, -0.2) is 96.7 Å². The first kappa shape index (κ1) is 87.1. The summed E-state index contributed by atoms with van der Waals surface area (Å²) in [6.07, 6.45) is 47.1. The van der Waals surface area contributed by atoms with Crippen LogP contribution >= 0.6 is 15.6 Å². The van der Waals surface area contributed by atoms with Crippen LogP contribution in [0.4, 0.5) is 0 Å². The maximum absolute atomic E-state index is 13.0. The van der Waals surface area contributed by atoms with Gasteiger partial charge in [0.05, 0.1) is 26.4 Å². The maximum atomic E-state index is 13.0. The topological polar surface area (TPSA) is 237 Å². The fraction of sp³-hybridized carbons (Fsp3) is 0.943. The van der Waals surface area contributed by atoms with Crippen LogP contribution in [0.25, 0.3) is 0 Å². The highest BCUT2D eigenvalue weighted by atomic mass is 31.2. The molecule has 0 fully saturated rings. The summed E-state index contributed by atoms with van der Waals surface area (Å²) in [7, 11) is -9.90. The van der Waals surface area contributed by atoms with Crippen molar-refractivity contribution in [3.63, 3.8) is 0 Å². The van der Waals surface area contributed by atoms with Crippen molar-refractivity contribution < 1.29 is 80.2 Å². The van der Waals surface area contributed by atoms with Crippen LogP contribution in [0.3, 0.4) is 0 Å². The molecule has 0 radical (unpaired) electrons. The number of aliphatic hydroxyl groups excluding tert-OH is 1. The Kier molecular flexibility index (Phi) is 60.8. The van der Waals surface area contributed by atoms with Crippen LogP contribution in [0, 0.1) is 11.8 Å². The zero-order chi connectivity index (χ0) is 65.7. The predicted molar refractivity (Wildman–Crippen MR) is 358 cm³/mol. The normalized spacial score (nSPS) is 14.1. The molecule has 0 aromatic rings. The molecule has 0 aliphatic heterocycles. The third-order valence-electron chi connectivity index (χ3n) is 16.2. The number of hydrogen-bond donors (Lipinski definition) is 3. The standard InChI is InChI=1S/C70H136O17P2/c1-7-9-11-13-15-17-19-21-22-24-28-37-43-49-55-70(75)86-65(58-80-67(72)52-46-40-34-29-25-26-32-38-44-50-62(3)4)60-84-88(76,77)82-56-64(71)57-83-89(78,79)85-61-66(59-81-68(73)53-47-41-35-31-30-33-39-45-51-63(5)6)87-69(74)54-48-42-36-27-23-20-18-16-14-12-10-8-2/h62-66,71H,7-61H2,1-6H3,(H,76,77)(H,78,79)/t64-,65-,66-/m1/s1. The van der Waals surface area contributed by atoms with Gasteiger partial charge in [0.25, 0.3) is 0 Å². The third kappa shape index (κ3) is 64.6. The molecule has 17 nitrogen and oxygen atoms in total. The second kappa shape index (κ2) is 62.2. The Morgan fingerprint density at radius 3 is 0.764 bits per heavy atom. The Morgan fingerprint density at radius 1 is 0.303 bits per heavy atom. The van der Waals surface area contributed by atoms with E-state index in [0.717, 1.165) is 102 Å². The van der Waals surface area contributed by atoms with E-state index in [0.29, 0.717) is 25.7 Å². The number of carbonyl (C=O) groups excluding carboxylic acids is 4. The van der Waals surface area contributed by atoms with Crippen molar-refractivity contribution in [2.24, 2.45) is 11.8 Å². The van der Waals surface area contributed by atoms with Gasteiger partial charge in [0.1, 0.15) is 19.3 Å². The number of hydrogen-bond acceptors (Lipinski definition) is 15. The lowest BCUT2D eigenvalue weighted by Crippen LogP contribution is -2.30. The number of carbonyl (C=O) groups is 4. The number of unbranched alkanes of at least 4 members (excludes halogenated alkanes) is 39. The summed E-state index contributed by atoms with van der Waals surface area (Å²) in [4.78, 5) is 72.5. The molecule has 3 N–H and O–H groups in total. The number of aliphatic hydroxyl groups is 1. The number of ether oxygens (including phenoxy) is 4. The van der Waals surface area contributed by atoms with E-state index in [4.69, 9.17) is 37.0 Å². The van der Waals surface area contributed by atoms with E-state index < -0.39 is 97.5 Å². The largest absolute Gasteiger partial charge is 0.472 e. The zero-order valence-corrected chi connectivity index (χ0v) is 59.5. The highest BCUT2D eigenvalue weighted by Gasteiger charge is 2.30. The molecule has 0 rings (SSSR count). The van der Waals surface area contributed by atoms with Crippen LogP contribution in [0.1, 0.15) is 356 Å². The van der Waals surface area contributed by atoms with Crippen molar-refractivity contribution in [2.45, 2.75) is 374 Å². The lowest BCUT2D eigenvalue weighted by atomic mass is 10.0. The van der Waals surface area contributed by atoms with E-state index in [9.17, 15) is 43.2 Å². The molecular weight excluding hydrogens is 1170 g/mol. The smallest absolute Gasteiger partial charge is 0.462 e. The minimum atomic E-state index is -4.95. The van der Waals surface area contributed by atoms with Gasteiger partial charge in [-0.3, -0.25) is 37.3 Å². The first-order valence-electron chi connectivity index (χ1n) is 36.5. The van der Waals surface area contributed by atoms with Crippen molar-refractivity contribution >= 4 is 39.5 Å². The van der Waals surface area contributed by atoms with Gasteiger partial charge in [0.15, 0.2) is 12.2 Å². The average molecular weight is 1310 g/mol. The number of esters is 4. The molecule has 0 saturated heterocycles. The van der Waals surface area contributed by atoms with Crippen LogP contribution in [0.2, 0.25) is 0 Å². The second-order valence-electron chi connectivity index (χ2n) is 26.2. The molecule has 5 atom stereocenters. The number of phosphoric acid groups is 2. The van der Waals surface area contributed by atoms with Gasteiger partial charge in [-0.2, -0.15) is 0 Å². The molecule has 2 unspecified atom stereocenters. The quantitative estimate of drug-likeness (QED) is 0.0222. The Hall–Kier alpha value is -1.94. The fourth-order valence-electron chi connectivity index (χ4n) is 10.6. The first-order valence-corrected chi connectivity index (χ1v) is 39.5. The summed E-state index contributed by atoms with van der Waals surface area (Å²) in [5.41, 5.74) is 0. The Balaban J connectivity index is 5.26. The summed E-state index contributed by atoms with van der Waals surface area (Å²) in [5.74, 6) is -0.652. The zero-order valence-electron chi connectivity index (χ0n) is 57.7. The molecule has 0 heterocycles. The van der Waals surface area contributed by atoms with Crippen molar-refractivity contribution in [1.29, 1.82) is 0 Å². The van der Waals surface area contributed by atoms with Crippen LogP contribution in [0.15, 0.2) is 0 Å². The maximum Gasteiger partial charge on any atom is 0.472 e. The van der Waals surface area contributed by atoms with E-state index in [-0.39, 0.29) is 25.7 Å². The van der Waals surface area contributed by atoms with Gasteiger partial charge in [-0.1, -0.05) is 305 Å². The Bertz CT molecular complexity index is 1730. The van der Waals surface area contributed by atoms with E-state index in [1.165, 1.54) is 173 Å². The molecule has 0 saturated carbocycles. The van der Waals surface area contributed by atoms with Gasteiger partial charge in [0, 0.05) is 25.7 Å². The molecular formula is C70H136O17P2. The molecule has 0 aromatic carbocycles. The van der Waals surface area contributed by atoms with E-state index in [2.05, 4.69) is 41.5 Å².